The fraction of sp³-hybridized carbons (Fsp3) is 0.0455. The largest absolute Gasteiger partial charge is 0.256 e. The van der Waals surface area contributed by atoms with Gasteiger partial charge in [0.2, 0.25) is 0 Å². The molecule has 0 fully saturated rings. The third-order valence-electron chi connectivity index (χ3n) is 4.26. The molecular formula is C22H17N. The van der Waals surface area contributed by atoms with Crippen LogP contribution >= 0.6 is 0 Å². The molecule has 1 heterocycles. The molecule has 1 nitrogen and oxygen atoms in total. The summed E-state index contributed by atoms with van der Waals surface area (Å²) in [5.74, 6) is 0. The van der Waals surface area contributed by atoms with Gasteiger partial charge in [-0.3, -0.25) is 4.98 Å². The van der Waals surface area contributed by atoms with Crippen molar-refractivity contribution in [2.24, 2.45) is 0 Å². The fourth-order valence-electron chi connectivity index (χ4n) is 3.07. The Morgan fingerprint density at radius 1 is 0.696 bits per heavy atom. The molecule has 1 heteroatoms. The third kappa shape index (κ3) is 2.51. The van der Waals surface area contributed by atoms with E-state index < -0.39 is 0 Å². The molecule has 0 saturated heterocycles. The third-order valence-corrected chi connectivity index (χ3v) is 4.26. The van der Waals surface area contributed by atoms with Crippen molar-refractivity contribution >= 4 is 10.8 Å². The van der Waals surface area contributed by atoms with E-state index in [9.17, 15) is 0 Å². The molecule has 0 radical (unpaired) electrons. The number of fused-ring (bicyclic) bond motifs is 1. The first-order valence-electron chi connectivity index (χ1n) is 7.83. The fourth-order valence-corrected chi connectivity index (χ4v) is 3.07. The van der Waals surface area contributed by atoms with Gasteiger partial charge in [0.25, 0.3) is 0 Å². The average Bonchev–Trinajstić information content (AvgIpc) is 2.62. The van der Waals surface area contributed by atoms with Crippen molar-refractivity contribution in [1.29, 1.82) is 0 Å². The van der Waals surface area contributed by atoms with Gasteiger partial charge in [0.05, 0.1) is 5.69 Å². The Balaban J connectivity index is 1.87. The number of aryl methyl sites for hydroxylation is 1. The van der Waals surface area contributed by atoms with Gasteiger partial charge in [-0.25, -0.2) is 0 Å². The number of hydrogen-bond donors (Lipinski definition) is 0. The molecule has 0 spiro atoms. The van der Waals surface area contributed by atoms with E-state index in [2.05, 4.69) is 67.6 Å². The highest BCUT2D eigenvalue weighted by Crippen LogP contribution is 2.31. The van der Waals surface area contributed by atoms with Crippen molar-refractivity contribution < 1.29 is 0 Å². The Labute approximate surface area is 136 Å². The Morgan fingerprint density at radius 3 is 2.26 bits per heavy atom. The van der Waals surface area contributed by atoms with Crippen molar-refractivity contribution in [3.8, 4) is 22.4 Å². The molecule has 23 heavy (non-hydrogen) atoms. The maximum absolute atomic E-state index is 4.69. The van der Waals surface area contributed by atoms with Gasteiger partial charge < -0.3 is 0 Å². The van der Waals surface area contributed by atoms with Gasteiger partial charge in [-0.15, -0.1) is 0 Å². The van der Waals surface area contributed by atoms with E-state index in [4.69, 9.17) is 4.98 Å². The van der Waals surface area contributed by atoms with Crippen LogP contribution in [0.5, 0.6) is 0 Å². The molecule has 1 aromatic heterocycles. The predicted octanol–water partition coefficient (Wildman–Crippen LogP) is 5.88. The Morgan fingerprint density at radius 2 is 1.43 bits per heavy atom. The van der Waals surface area contributed by atoms with Crippen molar-refractivity contribution in [3.63, 3.8) is 0 Å². The smallest absolute Gasteiger partial charge is 0.0705 e. The summed E-state index contributed by atoms with van der Waals surface area (Å²) in [7, 11) is 0. The summed E-state index contributed by atoms with van der Waals surface area (Å²) in [6, 6.07) is 27.4. The highest BCUT2D eigenvalue weighted by atomic mass is 14.7. The normalized spacial score (nSPS) is 10.8. The molecule has 0 atom stereocenters. The van der Waals surface area contributed by atoms with Gasteiger partial charge in [-0.05, 0) is 34.9 Å². The molecule has 0 amide bonds. The van der Waals surface area contributed by atoms with Crippen LogP contribution in [0.1, 0.15) is 5.56 Å². The average molecular weight is 295 g/mol. The molecule has 4 rings (SSSR count). The number of benzene rings is 3. The lowest BCUT2D eigenvalue weighted by molar-refractivity contribution is 1.29. The predicted molar refractivity (Wildman–Crippen MR) is 97.4 cm³/mol. The molecule has 4 aromatic rings. The Kier molecular flexibility index (Phi) is 3.39. The first-order valence-corrected chi connectivity index (χ1v) is 7.83. The zero-order valence-electron chi connectivity index (χ0n) is 13.0. The molecule has 0 saturated carbocycles. The van der Waals surface area contributed by atoms with E-state index in [-0.39, 0.29) is 0 Å². The van der Waals surface area contributed by atoms with Crippen molar-refractivity contribution in [2.45, 2.75) is 6.92 Å². The monoisotopic (exact) mass is 295 g/mol. The van der Waals surface area contributed by atoms with Crippen LogP contribution in [0.15, 0.2) is 85.1 Å². The first kappa shape index (κ1) is 13.7. The number of nitrogens with zero attached hydrogens (tertiary/aromatic N) is 1. The van der Waals surface area contributed by atoms with E-state index >= 15 is 0 Å². The summed E-state index contributed by atoms with van der Waals surface area (Å²) in [4.78, 5) is 4.69. The van der Waals surface area contributed by atoms with Gasteiger partial charge in [0, 0.05) is 17.3 Å². The first-order chi connectivity index (χ1) is 11.3. The summed E-state index contributed by atoms with van der Waals surface area (Å²) < 4.78 is 0. The SMILES string of the molecule is Cc1cc(-c2ccccc2)ncc1-c1cccc2ccccc12. The molecule has 0 aliphatic carbocycles. The molecule has 0 bridgehead atoms. The molecule has 0 unspecified atom stereocenters. The van der Waals surface area contributed by atoms with Crippen LogP contribution in [0.2, 0.25) is 0 Å². The lowest BCUT2D eigenvalue weighted by Crippen LogP contribution is -1.90. The van der Waals surface area contributed by atoms with Gasteiger partial charge in [0.1, 0.15) is 0 Å². The van der Waals surface area contributed by atoms with Crippen LogP contribution in [0, 0.1) is 6.92 Å². The Hall–Kier alpha value is -2.93. The number of hydrogen-bond acceptors (Lipinski definition) is 1. The molecule has 0 aliphatic rings. The van der Waals surface area contributed by atoms with Crippen molar-refractivity contribution in [1.82, 2.24) is 4.98 Å². The summed E-state index contributed by atoms with van der Waals surface area (Å²) in [5, 5.41) is 2.53. The quantitative estimate of drug-likeness (QED) is 0.450. The highest BCUT2D eigenvalue weighted by molar-refractivity contribution is 5.97. The molecule has 110 valence electrons. The van der Waals surface area contributed by atoms with E-state index in [0.717, 1.165) is 11.3 Å². The van der Waals surface area contributed by atoms with Crippen LogP contribution in [0.4, 0.5) is 0 Å². The van der Waals surface area contributed by atoms with E-state index in [1.54, 1.807) is 0 Å². The summed E-state index contributed by atoms with van der Waals surface area (Å²) in [6.07, 6.45) is 2.00. The lowest BCUT2D eigenvalue weighted by atomic mass is 9.96. The summed E-state index contributed by atoms with van der Waals surface area (Å²) in [6.45, 7) is 2.16. The standard InChI is InChI=1S/C22H17N/c1-16-14-22(18-9-3-2-4-10-18)23-15-21(16)20-13-7-11-17-8-5-6-12-19(17)20/h2-15H,1H3. The topological polar surface area (TPSA) is 12.9 Å². The maximum Gasteiger partial charge on any atom is 0.0705 e. The van der Waals surface area contributed by atoms with Gasteiger partial charge >= 0.3 is 0 Å². The van der Waals surface area contributed by atoms with Crippen LogP contribution in [0.3, 0.4) is 0 Å². The van der Waals surface area contributed by atoms with Crippen molar-refractivity contribution in [3.05, 3.63) is 90.6 Å². The minimum atomic E-state index is 1.02. The molecule has 0 N–H and O–H groups in total. The second kappa shape index (κ2) is 5.69. The lowest BCUT2D eigenvalue weighted by Gasteiger charge is -2.11. The second-order valence-electron chi connectivity index (χ2n) is 5.78. The minimum Gasteiger partial charge on any atom is -0.256 e. The summed E-state index contributed by atoms with van der Waals surface area (Å²) >= 11 is 0. The van der Waals surface area contributed by atoms with Crippen LogP contribution in [-0.2, 0) is 0 Å². The molecule has 0 aliphatic heterocycles. The van der Waals surface area contributed by atoms with Gasteiger partial charge in [-0.2, -0.15) is 0 Å². The zero-order valence-corrected chi connectivity index (χ0v) is 13.0. The van der Waals surface area contributed by atoms with E-state index in [0.29, 0.717) is 0 Å². The van der Waals surface area contributed by atoms with E-state index in [1.165, 1.54) is 27.5 Å². The Bertz CT molecular complexity index is 966. The van der Waals surface area contributed by atoms with Crippen molar-refractivity contribution in [2.75, 3.05) is 0 Å². The molecular weight excluding hydrogens is 278 g/mol. The number of rotatable bonds is 2. The van der Waals surface area contributed by atoms with Crippen LogP contribution in [-0.4, -0.2) is 4.98 Å². The second-order valence-corrected chi connectivity index (χ2v) is 5.78. The summed E-state index contributed by atoms with van der Waals surface area (Å²) in [5.41, 5.74) is 5.86. The van der Waals surface area contributed by atoms with Gasteiger partial charge in [-0.1, -0.05) is 72.8 Å². The van der Waals surface area contributed by atoms with Crippen LogP contribution in [0.25, 0.3) is 33.2 Å². The van der Waals surface area contributed by atoms with Gasteiger partial charge in [0.15, 0.2) is 0 Å². The van der Waals surface area contributed by atoms with E-state index in [1.807, 2.05) is 24.4 Å². The number of pyridine rings is 1. The zero-order chi connectivity index (χ0) is 15.6. The molecule has 3 aromatic carbocycles. The highest BCUT2D eigenvalue weighted by Gasteiger charge is 2.08. The van der Waals surface area contributed by atoms with Crippen LogP contribution < -0.4 is 0 Å². The minimum absolute atomic E-state index is 1.02. The number of aromatic nitrogens is 1. The maximum atomic E-state index is 4.69.